The molecule has 192 valence electrons. The minimum atomic E-state index is -0.398. The SMILES string of the molecule is CC1(C(=O)C2(C)C=CC=CC2C23CC4CC(CC(C4)C2)C3)C=CC=CC1C12CC3CC(CC(C3)C1)C2. The molecule has 1 heteroatoms. The maximum absolute atomic E-state index is 15.2. The van der Waals surface area contributed by atoms with E-state index in [0.717, 1.165) is 35.5 Å². The molecule has 4 unspecified atom stereocenters. The highest BCUT2D eigenvalue weighted by Gasteiger charge is 2.63. The third-order valence-corrected chi connectivity index (χ3v) is 13.5. The first kappa shape index (κ1) is 22.6. The molecule has 0 aromatic carbocycles. The highest BCUT2D eigenvalue weighted by Crippen LogP contribution is 2.69. The first-order valence-electron chi connectivity index (χ1n) is 15.6. The van der Waals surface area contributed by atoms with E-state index in [1.54, 1.807) is 0 Å². The van der Waals surface area contributed by atoms with E-state index in [2.05, 4.69) is 62.5 Å². The molecule has 0 amide bonds. The number of rotatable bonds is 4. The molecule has 0 heterocycles. The van der Waals surface area contributed by atoms with Crippen LogP contribution in [-0.4, -0.2) is 5.78 Å². The second-order valence-electron chi connectivity index (χ2n) is 15.9. The lowest BCUT2D eigenvalue weighted by Gasteiger charge is -2.64. The lowest BCUT2D eigenvalue weighted by molar-refractivity contribution is -0.154. The van der Waals surface area contributed by atoms with Crippen LogP contribution in [0.4, 0.5) is 0 Å². The topological polar surface area (TPSA) is 17.1 Å². The van der Waals surface area contributed by atoms with Crippen LogP contribution < -0.4 is 0 Å². The van der Waals surface area contributed by atoms with Gasteiger partial charge >= 0.3 is 0 Å². The van der Waals surface area contributed by atoms with E-state index in [0.29, 0.717) is 28.4 Å². The molecule has 4 atom stereocenters. The Morgan fingerprint density at radius 1 is 0.528 bits per heavy atom. The van der Waals surface area contributed by atoms with Crippen LogP contribution >= 0.6 is 0 Å². The number of carbonyl (C=O) groups excluding carboxylic acids is 1. The molecule has 1 nitrogen and oxygen atoms in total. The summed E-state index contributed by atoms with van der Waals surface area (Å²) in [5, 5.41) is 0. The Balaban J connectivity index is 1.17. The Morgan fingerprint density at radius 3 is 1.14 bits per heavy atom. The highest BCUT2D eigenvalue weighted by molar-refractivity contribution is 5.94. The lowest BCUT2D eigenvalue weighted by Crippen LogP contribution is -2.59. The van der Waals surface area contributed by atoms with Gasteiger partial charge in [-0.15, -0.1) is 0 Å². The maximum Gasteiger partial charge on any atom is 0.153 e. The van der Waals surface area contributed by atoms with E-state index in [9.17, 15) is 0 Å². The van der Waals surface area contributed by atoms with Crippen molar-refractivity contribution >= 4 is 5.78 Å². The Morgan fingerprint density at radius 2 is 0.833 bits per heavy atom. The number of ketones is 1. The Labute approximate surface area is 219 Å². The molecule has 0 radical (unpaired) electrons. The summed E-state index contributed by atoms with van der Waals surface area (Å²) in [7, 11) is 0. The third-order valence-electron chi connectivity index (χ3n) is 13.5. The Bertz CT molecular complexity index is 929. The highest BCUT2D eigenvalue weighted by atomic mass is 16.1. The van der Waals surface area contributed by atoms with Crippen LogP contribution in [-0.2, 0) is 4.79 Å². The van der Waals surface area contributed by atoms with Crippen molar-refractivity contribution in [2.45, 2.75) is 90.9 Å². The predicted octanol–water partition coefficient (Wildman–Crippen LogP) is 8.49. The fourth-order valence-corrected chi connectivity index (χ4v) is 13.3. The van der Waals surface area contributed by atoms with Gasteiger partial charge in [0.25, 0.3) is 0 Å². The Hall–Kier alpha value is -1.37. The first-order chi connectivity index (χ1) is 17.3. The minimum absolute atomic E-state index is 0.348. The predicted molar refractivity (Wildman–Crippen MR) is 146 cm³/mol. The van der Waals surface area contributed by atoms with Gasteiger partial charge in [0.15, 0.2) is 5.78 Å². The molecule has 8 bridgehead atoms. The zero-order chi connectivity index (χ0) is 24.3. The van der Waals surface area contributed by atoms with Gasteiger partial charge in [-0.2, -0.15) is 0 Å². The van der Waals surface area contributed by atoms with Crippen molar-refractivity contribution in [3.63, 3.8) is 0 Å². The first-order valence-corrected chi connectivity index (χ1v) is 15.6. The van der Waals surface area contributed by atoms with Crippen LogP contribution in [0.25, 0.3) is 0 Å². The number of Topliss-reactive ketones (excluding diaryl/α,β-unsaturated/α-hetero) is 1. The largest absolute Gasteiger partial charge is 0.298 e. The van der Waals surface area contributed by atoms with Crippen LogP contribution in [0.3, 0.4) is 0 Å². The van der Waals surface area contributed by atoms with Gasteiger partial charge in [0.05, 0.1) is 10.8 Å². The van der Waals surface area contributed by atoms with Crippen LogP contribution in [0.2, 0.25) is 0 Å². The maximum atomic E-state index is 15.2. The van der Waals surface area contributed by atoms with Gasteiger partial charge in [-0.25, -0.2) is 0 Å². The second-order valence-corrected chi connectivity index (χ2v) is 15.9. The molecule has 36 heavy (non-hydrogen) atoms. The quantitative estimate of drug-likeness (QED) is 0.392. The van der Waals surface area contributed by atoms with Crippen molar-refractivity contribution in [3.8, 4) is 0 Å². The molecule has 10 aliphatic carbocycles. The molecule has 0 aromatic heterocycles. The summed E-state index contributed by atoms with van der Waals surface area (Å²) < 4.78 is 0. The zero-order valence-electron chi connectivity index (χ0n) is 22.6. The second kappa shape index (κ2) is 7.39. The van der Waals surface area contributed by atoms with Crippen molar-refractivity contribution in [1.82, 2.24) is 0 Å². The summed E-state index contributed by atoms with van der Waals surface area (Å²) in [6, 6.07) is 0. The van der Waals surface area contributed by atoms with Crippen molar-refractivity contribution in [3.05, 3.63) is 48.6 Å². The van der Waals surface area contributed by atoms with Gasteiger partial charge in [-0.3, -0.25) is 4.79 Å². The summed E-state index contributed by atoms with van der Waals surface area (Å²) in [5.74, 6) is 6.77. The fraction of sp³-hybridized carbons (Fsp3) is 0.743. The van der Waals surface area contributed by atoms with E-state index in [1.165, 1.54) is 77.0 Å². The molecular formula is C35H46O. The van der Waals surface area contributed by atoms with Crippen LogP contribution in [0.5, 0.6) is 0 Å². The molecule has 10 rings (SSSR count). The smallest absolute Gasteiger partial charge is 0.153 e. The van der Waals surface area contributed by atoms with Crippen molar-refractivity contribution in [1.29, 1.82) is 0 Å². The van der Waals surface area contributed by atoms with Crippen molar-refractivity contribution in [2.75, 3.05) is 0 Å². The molecule has 0 N–H and O–H groups in total. The van der Waals surface area contributed by atoms with Gasteiger partial charge in [0.2, 0.25) is 0 Å². The molecule has 0 saturated heterocycles. The van der Waals surface area contributed by atoms with Crippen molar-refractivity contribution < 1.29 is 4.79 Å². The van der Waals surface area contributed by atoms with Gasteiger partial charge in [0, 0.05) is 0 Å². The summed E-state index contributed by atoms with van der Waals surface area (Å²) in [4.78, 5) is 15.2. The van der Waals surface area contributed by atoms with Gasteiger partial charge in [-0.05, 0) is 149 Å². The van der Waals surface area contributed by atoms with Crippen LogP contribution in [0.1, 0.15) is 90.9 Å². The molecule has 0 aliphatic heterocycles. The van der Waals surface area contributed by atoms with Gasteiger partial charge in [0.1, 0.15) is 0 Å². The van der Waals surface area contributed by atoms with Crippen LogP contribution in [0, 0.1) is 69.0 Å². The summed E-state index contributed by atoms with van der Waals surface area (Å²) in [6.07, 6.45) is 35.7. The molecule has 10 aliphatic rings. The van der Waals surface area contributed by atoms with E-state index in [4.69, 9.17) is 0 Å². The normalized spacial score (nSPS) is 57.6. The van der Waals surface area contributed by atoms with Gasteiger partial charge in [-0.1, -0.05) is 48.6 Å². The average Bonchev–Trinajstić information content (AvgIpc) is 2.82. The lowest BCUT2D eigenvalue weighted by atomic mass is 9.40. The number of allylic oxidation sites excluding steroid dienone is 8. The molecule has 8 fully saturated rings. The van der Waals surface area contributed by atoms with Crippen molar-refractivity contribution in [2.24, 2.45) is 69.0 Å². The number of hydrogen-bond donors (Lipinski definition) is 0. The number of hydrogen-bond acceptors (Lipinski definition) is 1. The molecule has 0 spiro atoms. The third kappa shape index (κ3) is 2.98. The van der Waals surface area contributed by atoms with Gasteiger partial charge < -0.3 is 0 Å². The minimum Gasteiger partial charge on any atom is -0.298 e. The van der Waals surface area contributed by atoms with E-state index in [-0.39, 0.29) is 0 Å². The summed E-state index contributed by atoms with van der Waals surface area (Å²) in [5.41, 5.74) is -0.0984. The molecule has 0 aromatic rings. The summed E-state index contributed by atoms with van der Waals surface area (Å²) in [6.45, 7) is 4.71. The van der Waals surface area contributed by atoms with E-state index < -0.39 is 10.8 Å². The zero-order valence-corrected chi connectivity index (χ0v) is 22.6. The average molecular weight is 483 g/mol. The number of carbonyl (C=O) groups is 1. The standard InChI is InChI=1S/C35H46O/c1-32(9-5-3-7-29(32)34-17-23-11-24(18-34)13-25(12-23)19-34)31(36)33(2)10-6-4-8-30(33)35-20-26-14-27(21-35)16-28(15-26)22-35/h3-10,23-30H,11-22H2,1-2H3. The van der Waals surface area contributed by atoms with Crippen LogP contribution in [0.15, 0.2) is 48.6 Å². The summed E-state index contributed by atoms with van der Waals surface area (Å²) >= 11 is 0. The van der Waals surface area contributed by atoms with E-state index >= 15 is 4.79 Å². The Kier molecular flexibility index (Phi) is 4.64. The molecular weight excluding hydrogens is 436 g/mol. The molecule has 8 saturated carbocycles. The monoisotopic (exact) mass is 482 g/mol. The van der Waals surface area contributed by atoms with E-state index in [1.807, 2.05) is 0 Å². The fourth-order valence-electron chi connectivity index (χ4n) is 13.3.